The van der Waals surface area contributed by atoms with Gasteiger partial charge in [-0.05, 0) is 24.3 Å². The van der Waals surface area contributed by atoms with Crippen LogP contribution < -0.4 is 0 Å². The van der Waals surface area contributed by atoms with E-state index < -0.39 is 5.60 Å². The summed E-state index contributed by atoms with van der Waals surface area (Å²) in [7, 11) is 0. The van der Waals surface area contributed by atoms with Crippen molar-refractivity contribution < 1.29 is 5.11 Å². The van der Waals surface area contributed by atoms with Gasteiger partial charge in [0.2, 0.25) is 0 Å². The molecule has 2 rings (SSSR count). The van der Waals surface area contributed by atoms with Crippen LogP contribution in [0.25, 0.3) is 0 Å². The molecular weight excluding hydrogens is 248 g/mol. The Morgan fingerprint density at radius 1 is 1.18 bits per heavy atom. The lowest BCUT2D eigenvalue weighted by Crippen LogP contribution is -2.37. The number of rotatable bonds is 2. The van der Waals surface area contributed by atoms with E-state index in [1.165, 1.54) is 12.8 Å². The van der Waals surface area contributed by atoms with Gasteiger partial charge in [-0.25, -0.2) is 0 Å². The van der Waals surface area contributed by atoms with E-state index in [-0.39, 0.29) is 27.0 Å². The summed E-state index contributed by atoms with van der Waals surface area (Å²) >= 11 is 0. The van der Waals surface area contributed by atoms with Crippen LogP contribution in [-0.4, -0.2) is 5.11 Å². The van der Waals surface area contributed by atoms with Gasteiger partial charge in [-0.15, -0.1) is 0 Å². The molecule has 1 aromatic carbocycles. The van der Waals surface area contributed by atoms with Crippen LogP contribution in [0, 0.1) is 5.92 Å². The zero-order valence-corrected chi connectivity index (χ0v) is 12.4. The third-order valence-electron chi connectivity index (χ3n) is 3.80. The Labute approximate surface area is 119 Å². The molecule has 1 aliphatic rings. The van der Waals surface area contributed by atoms with E-state index in [9.17, 15) is 5.11 Å². The monoisotopic (exact) mass is 272 g/mol. The highest BCUT2D eigenvalue weighted by Gasteiger charge is 2.38. The first-order chi connectivity index (χ1) is 7.27. The molecule has 1 nitrogen and oxygen atoms in total. The van der Waals surface area contributed by atoms with Crippen LogP contribution in [-0.2, 0) is 5.60 Å². The molecule has 1 aliphatic carbocycles. The van der Waals surface area contributed by atoms with Gasteiger partial charge in [-0.2, -0.15) is 27.0 Å². The van der Waals surface area contributed by atoms with E-state index >= 15 is 0 Å². The number of hydrogen-bond donors (Lipinski definition) is 1. The number of aliphatic hydroxyl groups is 1. The highest BCUT2D eigenvalue weighted by molar-refractivity contribution is 7.59. The largest absolute Gasteiger partial charge is 0.385 e. The van der Waals surface area contributed by atoms with Gasteiger partial charge in [0, 0.05) is 0 Å². The van der Waals surface area contributed by atoms with Crippen molar-refractivity contribution in [3.05, 3.63) is 35.9 Å². The summed E-state index contributed by atoms with van der Waals surface area (Å²) < 4.78 is 0. The van der Waals surface area contributed by atoms with Crippen molar-refractivity contribution >= 4 is 27.0 Å². The van der Waals surface area contributed by atoms with Gasteiger partial charge in [-0.3, -0.25) is 0 Å². The Hall–Kier alpha value is -0.120. The Morgan fingerprint density at radius 2 is 1.82 bits per heavy atom. The van der Waals surface area contributed by atoms with Gasteiger partial charge in [-0.1, -0.05) is 56.5 Å². The Bertz CT molecular complexity index is 315. The van der Waals surface area contributed by atoms with Crippen LogP contribution in [0.15, 0.2) is 30.3 Å². The zero-order valence-electron chi connectivity index (χ0n) is 10.4. The normalized spacial score (nSPS) is 27.8. The summed E-state index contributed by atoms with van der Waals surface area (Å²) in [5, 5.41) is 10.8. The predicted molar refractivity (Wildman–Crippen MR) is 83.3 cm³/mol. The molecule has 0 bridgehead atoms. The van der Waals surface area contributed by atoms with Crippen LogP contribution >= 0.6 is 27.0 Å². The molecule has 0 spiro atoms. The van der Waals surface area contributed by atoms with Crippen molar-refractivity contribution in [2.75, 3.05) is 0 Å². The average Bonchev–Trinajstić information content (AvgIpc) is 2.31. The first-order valence-electron chi connectivity index (χ1n) is 6.05. The first-order valence-corrected chi connectivity index (χ1v) is 6.05. The maximum atomic E-state index is 10.8. The Balaban J connectivity index is 0.00000128. The molecule has 1 saturated carbocycles. The molecule has 3 heteroatoms. The van der Waals surface area contributed by atoms with Crippen molar-refractivity contribution in [2.24, 2.45) is 5.92 Å². The molecule has 0 aliphatic heterocycles. The lowest BCUT2D eigenvalue weighted by Gasteiger charge is -2.40. The highest BCUT2D eigenvalue weighted by Crippen LogP contribution is 2.42. The summed E-state index contributed by atoms with van der Waals surface area (Å²) in [5.74, 6) is 0.439. The van der Waals surface area contributed by atoms with Crippen LogP contribution in [0.2, 0.25) is 0 Å². The standard InChI is InChI=1S/C14H20O.2H2S/c1-2-12-8-6-7-11-14(12,15)13-9-4-3-5-10-13;;/h3-5,9-10,12,15H,2,6-8,11H2,1H3;2*1H2/t12-,14+;;/m0../s1. The van der Waals surface area contributed by atoms with Crippen molar-refractivity contribution in [3.8, 4) is 0 Å². The molecule has 1 aromatic rings. The van der Waals surface area contributed by atoms with E-state index in [1.54, 1.807) is 0 Å². The van der Waals surface area contributed by atoms with Gasteiger partial charge in [0.1, 0.15) is 0 Å². The van der Waals surface area contributed by atoms with Gasteiger partial charge >= 0.3 is 0 Å². The van der Waals surface area contributed by atoms with Crippen molar-refractivity contribution in [3.63, 3.8) is 0 Å². The fraction of sp³-hybridized carbons (Fsp3) is 0.571. The third-order valence-corrected chi connectivity index (χ3v) is 3.80. The fourth-order valence-electron chi connectivity index (χ4n) is 2.88. The van der Waals surface area contributed by atoms with E-state index in [2.05, 4.69) is 19.1 Å². The van der Waals surface area contributed by atoms with E-state index in [0.29, 0.717) is 5.92 Å². The molecule has 0 aromatic heterocycles. The summed E-state index contributed by atoms with van der Waals surface area (Å²) in [6, 6.07) is 10.2. The molecule has 0 saturated heterocycles. The molecule has 0 heterocycles. The van der Waals surface area contributed by atoms with E-state index in [4.69, 9.17) is 0 Å². The number of hydrogen-bond acceptors (Lipinski definition) is 1. The molecule has 98 valence electrons. The van der Waals surface area contributed by atoms with E-state index in [0.717, 1.165) is 24.8 Å². The third kappa shape index (κ3) is 3.43. The lowest BCUT2D eigenvalue weighted by atomic mass is 9.70. The lowest BCUT2D eigenvalue weighted by molar-refractivity contribution is -0.0557. The second-order valence-corrected chi connectivity index (χ2v) is 4.64. The smallest absolute Gasteiger partial charge is 0.0924 e. The minimum Gasteiger partial charge on any atom is -0.385 e. The molecule has 17 heavy (non-hydrogen) atoms. The summed E-state index contributed by atoms with van der Waals surface area (Å²) in [5.41, 5.74) is 0.547. The fourth-order valence-corrected chi connectivity index (χ4v) is 2.88. The summed E-state index contributed by atoms with van der Waals surface area (Å²) in [4.78, 5) is 0. The molecule has 0 amide bonds. The van der Waals surface area contributed by atoms with Crippen molar-refractivity contribution in [2.45, 2.75) is 44.6 Å². The van der Waals surface area contributed by atoms with Gasteiger partial charge in [0.05, 0.1) is 5.60 Å². The predicted octanol–water partition coefficient (Wildman–Crippen LogP) is 3.70. The SMILES string of the molecule is CC[C@H]1CCCC[C@]1(O)c1ccccc1.S.S. The maximum Gasteiger partial charge on any atom is 0.0924 e. The quantitative estimate of drug-likeness (QED) is 0.870. The van der Waals surface area contributed by atoms with Gasteiger partial charge in [0.15, 0.2) is 0 Å². The molecular formula is C14H24OS2. The molecule has 1 fully saturated rings. The second-order valence-electron chi connectivity index (χ2n) is 4.64. The molecule has 1 N–H and O–H groups in total. The molecule has 0 unspecified atom stereocenters. The molecule has 2 atom stereocenters. The zero-order chi connectivity index (χ0) is 10.7. The van der Waals surface area contributed by atoms with Crippen LogP contribution in [0.5, 0.6) is 0 Å². The second kappa shape index (κ2) is 7.34. The topological polar surface area (TPSA) is 20.2 Å². The Kier molecular flexibility index (Phi) is 7.29. The van der Waals surface area contributed by atoms with Crippen molar-refractivity contribution in [1.82, 2.24) is 0 Å². The highest BCUT2D eigenvalue weighted by atomic mass is 32.1. The molecule has 0 radical (unpaired) electrons. The number of benzene rings is 1. The Morgan fingerprint density at radius 3 is 2.41 bits per heavy atom. The summed E-state index contributed by atoms with van der Waals surface area (Å²) in [6.07, 6.45) is 5.60. The minimum atomic E-state index is -0.561. The van der Waals surface area contributed by atoms with Gasteiger partial charge in [0.25, 0.3) is 0 Å². The minimum absolute atomic E-state index is 0. The average molecular weight is 272 g/mol. The first kappa shape index (κ1) is 16.9. The van der Waals surface area contributed by atoms with Crippen LogP contribution in [0.4, 0.5) is 0 Å². The van der Waals surface area contributed by atoms with Crippen LogP contribution in [0.1, 0.15) is 44.6 Å². The summed E-state index contributed by atoms with van der Waals surface area (Å²) in [6.45, 7) is 2.18. The van der Waals surface area contributed by atoms with Crippen molar-refractivity contribution in [1.29, 1.82) is 0 Å². The van der Waals surface area contributed by atoms with E-state index in [1.807, 2.05) is 18.2 Å². The van der Waals surface area contributed by atoms with Gasteiger partial charge < -0.3 is 5.11 Å². The maximum absolute atomic E-state index is 10.8. The van der Waals surface area contributed by atoms with Crippen LogP contribution in [0.3, 0.4) is 0 Å².